The summed E-state index contributed by atoms with van der Waals surface area (Å²) >= 11 is 5.85. The van der Waals surface area contributed by atoms with Gasteiger partial charge in [-0.2, -0.15) is 0 Å². The van der Waals surface area contributed by atoms with Gasteiger partial charge in [0, 0.05) is 11.1 Å². The summed E-state index contributed by atoms with van der Waals surface area (Å²) < 4.78 is 15.7. The van der Waals surface area contributed by atoms with E-state index < -0.39 is 5.97 Å². The van der Waals surface area contributed by atoms with E-state index in [4.69, 9.17) is 25.8 Å². The van der Waals surface area contributed by atoms with Gasteiger partial charge < -0.3 is 14.2 Å². The van der Waals surface area contributed by atoms with Crippen LogP contribution >= 0.6 is 11.6 Å². The molecule has 0 aromatic heterocycles. The lowest BCUT2D eigenvalue weighted by molar-refractivity contribution is -0.129. The van der Waals surface area contributed by atoms with Gasteiger partial charge in [0.15, 0.2) is 17.2 Å². The lowest BCUT2D eigenvalue weighted by Crippen LogP contribution is -2.01. The highest BCUT2D eigenvalue weighted by atomic mass is 35.5. The summed E-state index contributed by atoms with van der Waals surface area (Å²) in [6.07, 6.45) is 5.08. The number of rotatable bonds is 3. The third-order valence-corrected chi connectivity index (χ3v) is 3.88. The molecule has 0 fully saturated rings. The molecule has 0 bridgehead atoms. The number of carbonyl (C=O) groups excluding carboxylic acids is 1. The van der Waals surface area contributed by atoms with Crippen molar-refractivity contribution in [3.05, 3.63) is 70.4 Å². The molecule has 124 valence electrons. The van der Waals surface area contributed by atoms with Crippen LogP contribution in [0.4, 0.5) is 0 Å². The van der Waals surface area contributed by atoms with Crippen LogP contribution in [-0.4, -0.2) is 18.7 Å². The van der Waals surface area contributed by atoms with E-state index >= 15 is 0 Å². The molecule has 0 saturated carbocycles. The summed E-state index contributed by atoms with van der Waals surface area (Å²) in [6, 6.07) is 12.7. The molecule has 0 aliphatic carbocycles. The first-order chi connectivity index (χ1) is 12.2. The molecule has 0 N–H and O–H groups in total. The molecule has 25 heavy (non-hydrogen) atoms. The van der Waals surface area contributed by atoms with Crippen molar-refractivity contribution >= 4 is 35.6 Å². The number of cyclic esters (lactones) is 1. The van der Waals surface area contributed by atoms with Crippen LogP contribution in [0.3, 0.4) is 0 Å². The normalized spacial score (nSPS) is 17.2. The van der Waals surface area contributed by atoms with E-state index in [1.165, 1.54) is 0 Å². The van der Waals surface area contributed by atoms with Crippen molar-refractivity contribution in [3.63, 3.8) is 0 Å². The molecule has 0 unspecified atom stereocenters. The van der Waals surface area contributed by atoms with Crippen molar-refractivity contribution in [3.8, 4) is 11.5 Å². The van der Waals surface area contributed by atoms with E-state index in [2.05, 4.69) is 4.99 Å². The number of esters is 1. The van der Waals surface area contributed by atoms with Crippen LogP contribution in [-0.2, 0) is 9.53 Å². The minimum absolute atomic E-state index is 0.204. The van der Waals surface area contributed by atoms with Gasteiger partial charge in [-0.05, 0) is 47.5 Å². The average molecular weight is 354 g/mol. The zero-order chi connectivity index (χ0) is 17.2. The van der Waals surface area contributed by atoms with Crippen LogP contribution < -0.4 is 9.47 Å². The Hall–Kier alpha value is -3.05. The third kappa shape index (κ3) is 3.41. The van der Waals surface area contributed by atoms with E-state index in [-0.39, 0.29) is 18.4 Å². The monoisotopic (exact) mass is 353 g/mol. The van der Waals surface area contributed by atoms with E-state index in [1.807, 2.05) is 18.2 Å². The zero-order valence-electron chi connectivity index (χ0n) is 12.9. The van der Waals surface area contributed by atoms with Crippen LogP contribution in [0.15, 0.2) is 59.2 Å². The first-order valence-corrected chi connectivity index (χ1v) is 7.91. The smallest absolute Gasteiger partial charge is 0.363 e. The Morgan fingerprint density at radius 2 is 1.72 bits per heavy atom. The zero-order valence-corrected chi connectivity index (χ0v) is 13.7. The molecule has 6 heteroatoms. The average Bonchev–Trinajstić information content (AvgIpc) is 3.21. The lowest BCUT2D eigenvalue weighted by Gasteiger charge is -1.97. The van der Waals surface area contributed by atoms with Gasteiger partial charge in [0.25, 0.3) is 0 Å². The van der Waals surface area contributed by atoms with E-state index in [0.717, 1.165) is 11.1 Å². The van der Waals surface area contributed by atoms with Crippen molar-refractivity contribution in [1.82, 2.24) is 0 Å². The molecule has 0 spiro atoms. The molecule has 2 aliphatic heterocycles. The summed E-state index contributed by atoms with van der Waals surface area (Å²) in [7, 11) is 0. The third-order valence-electron chi connectivity index (χ3n) is 3.63. The number of carbonyl (C=O) groups is 1. The second-order valence-electron chi connectivity index (χ2n) is 5.37. The fourth-order valence-electron chi connectivity index (χ4n) is 2.40. The van der Waals surface area contributed by atoms with E-state index in [0.29, 0.717) is 16.5 Å². The number of nitrogens with zero attached hydrogens (tertiary/aromatic N) is 1. The van der Waals surface area contributed by atoms with Gasteiger partial charge in [-0.25, -0.2) is 9.79 Å². The Bertz CT molecular complexity index is 929. The van der Waals surface area contributed by atoms with Crippen LogP contribution in [0.1, 0.15) is 11.1 Å². The van der Waals surface area contributed by atoms with Crippen molar-refractivity contribution in [2.45, 2.75) is 0 Å². The van der Waals surface area contributed by atoms with Crippen molar-refractivity contribution in [2.75, 3.05) is 6.79 Å². The highest BCUT2D eigenvalue weighted by Gasteiger charge is 2.21. The Kier molecular flexibility index (Phi) is 3.99. The number of benzene rings is 2. The molecule has 0 atom stereocenters. The summed E-state index contributed by atoms with van der Waals surface area (Å²) in [5.41, 5.74) is 1.94. The van der Waals surface area contributed by atoms with Crippen LogP contribution in [0.2, 0.25) is 5.02 Å². The van der Waals surface area contributed by atoms with E-state index in [1.54, 1.807) is 42.5 Å². The van der Waals surface area contributed by atoms with Gasteiger partial charge in [0.2, 0.25) is 12.7 Å². The van der Waals surface area contributed by atoms with Crippen LogP contribution in [0, 0.1) is 0 Å². The van der Waals surface area contributed by atoms with Crippen molar-refractivity contribution in [1.29, 1.82) is 0 Å². The Morgan fingerprint density at radius 3 is 2.56 bits per heavy atom. The lowest BCUT2D eigenvalue weighted by atomic mass is 10.1. The highest BCUT2D eigenvalue weighted by Crippen LogP contribution is 2.33. The largest absolute Gasteiger partial charge is 0.454 e. The molecule has 2 heterocycles. The first-order valence-electron chi connectivity index (χ1n) is 7.53. The molecule has 2 aromatic rings. The molecule has 0 amide bonds. The second-order valence-corrected chi connectivity index (χ2v) is 5.80. The van der Waals surface area contributed by atoms with Gasteiger partial charge in [-0.15, -0.1) is 0 Å². The molecule has 4 rings (SSSR count). The molecule has 2 aromatic carbocycles. The number of halogens is 1. The number of fused-ring (bicyclic) bond motifs is 1. The number of ether oxygens (including phenoxy) is 3. The summed E-state index contributed by atoms with van der Waals surface area (Å²) in [5.74, 6) is 1.08. The van der Waals surface area contributed by atoms with Gasteiger partial charge in [-0.1, -0.05) is 29.8 Å². The molecule has 5 nitrogen and oxygen atoms in total. The number of hydrogen-bond donors (Lipinski definition) is 0. The number of hydrogen-bond acceptors (Lipinski definition) is 5. The minimum atomic E-state index is -0.492. The fraction of sp³-hybridized carbons (Fsp3) is 0.0526. The Labute approximate surface area is 148 Å². The topological polar surface area (TPSA) is 57.1 Å². The van der Waals surface area contributed by atoms with Crippen molar-refractivity contribution in [2.24, 2.45) is 4.99 Å². The summed E-state index contributed by atoms with van der Waals surface area (Å²) in [6.45, 7) is 0.204. The van der Waals surface area contributed by atoms with Gasteiger partial charge >= 0.3 is 5.97 Å². The van der Waals surface area contributed by atoms with Gasteiger partial charge in [0.05, 0.1) is 0 Å². The maximum absolute atomic E-state index is 12.0. The van der Waals surface area contributed by atoms with Gasteiger partial charge in [0.1, 0.15) is 0 Å². The molecular weight excluding hydrogens is 342 g/mol. The molecule has 0 radical (unpaired) electrons. The first kappa shape index (κ1) is 15.5. The maximum atomic E-state index is 12.0. The predicted octanol–water partition coefficient (Wildman–Crippen LogP) is 4.08. The standard InChI is InChI=1S/C19H12ClNO4/c20-14-5-1-12(2-6-14)4-8-18-21-15(19(22)25-18)9-13-3-7-16-17(10-13)24-11-23-16/h1-10H,11H2. The summed E-state index contributed by atoms with van der Waals surface area (Å²) in [5, 5.41) is 0.663. The van der Waals surface area contributed by atoms with Crippen LogP contribution in [0.5, 0.6) is 11.5 Å². The summed E-state index contributed by atoms with van der Waals surface area (Å²) in [4.78, 5) is 16.2. The maximum Gasteiger partial charge on any atom is 0.363 e. The van der Waals surface area contributed by atoms with Crippen LogP contribution in [0.25, 0.3) is 12.2 Å². The number of aliphatic imine (C=N–C) groups is 1. The highest BCUT2D eigenvalue weighted by molar-refractivity contribution is 6.30. The Balaban J connectivity index is 1.54. The molecule has 2 aliphatic rings. The SMILES string of the molecule is O=C1OC(C=Cc2ccc(Cl)cc2)=NC1=Cc1ccc2c(c1)OCO2. The fourth-order valence-corrected chi connectivity index (χ4v) is 2.53. The van der Waals surface area contributed by atoms with Gasteiger partial charge in [-0.3, -0.25) is 0 Å². The predicted molar refractivity (Wildman–Crippen MR) is 94.6 cm³/mol. The molecular formula is C19H12ClNO4. The van der Waals surface area contributed by atoms with Crippen molar-refractivity contribution < 1.29 is 19.0 Å². The van der Waals surface area contributed by atoms with E-state index in [9.17, 15) is 4.79 Å². The Morgan fingerprint density at radius 1 is 0.960 bits per heavy atom. The quantitative estimate of drug-likeness (QED) is 0.616. The second kappa shape index (κ2) is 6.45. The molecule has 0 saturated heterocycles. The minimum Gasteiger partial charge on any atom is -0.454 e.